The van der Waals surface area contributed by atoms with E-state index in [1.807, 2.05) is 6.20 Å². The molecule has 2 atom stereocenters. The van der Waals surface area contributed by atoms with Crippen LogP contribution in [0.4, 0.5) is 5.95 Å². The minimum absolute atomic E-state index is 0.645. The molecule has 4 heteroatoms. The number of anilines is 1. The molecular weight excluding hydrogens is 260 g/mol. The monoisotopic (exact) mass is 288 g/mol. The van der Waals surface area contributed by atoms with Crippen molar-refractivity contribution in [2.75, 3.05) is 18.4 Å². The van der Waals surface area contributed by atoms with Gasteiger partial charge in [0.05, 0.1) is 0 Å². The molecule has 21 heavy (non-hydrogen) atoms. The fourth-order valence-electron chi connectivity index (χ4n) is 4.60. The van der Waals surface area contributed by atoms with Gasteiger partial charge in [0, 0.05) is 37.1 Å². The molecule has 2 saturated heterocycles. The van der Waals surface area contributed by atoms with Gasteiger partial charge in [-0.05, 0) is 45.1 Å². The number of hydrogen-bond acceptors (Lipinski definition) is 3. The molecule has 0 bridgehead atoms. The predicted octanol–water partition coefficient (Wildman–Crippen LogP) is 3.43. The van der Waals surface area contributed by atoms with E-state index in [0.29, 0.717) is 12.1 Å². The van der Waals surface area contributed by atoms with Gasteiger partial charge in [-0.25, -0.2) is 4.98 Å². The summed E-state index contributed by atoms with van der Waals surface area (Å²) in [5.74, 6) is 1.12. The number of imidazole rings is 1. The third-order valence-electron chi connectivity index (χ3n) is 5.79. The second-order valence-electron chi connectivity index (χ2n) is 7.15. The Labute approximate surface area is 127 Å². The summed E-state index contributed by atoms with van der Waals surface area (Å²) in [6, 6.07) is 2.12. The number of piperidine rings is 1. The van der Waals surface area contributed by atoms with E-state index < -0.39 is 0 Å². The lowest BCUT2D eigenvalue weighted by Gasteiger charge is -2.36. The van der Waals surface area contributed by atoms with Crippen LogP contribution in [0.5, 0.6) is 0 Å². The molecule has 4 rings (SSSR count). The van der Waals surface area contributed by atoms with E-state index in [1.54, 1.807) is 0 Å². The zero-order chi connectivity index (χ0) is 14.1. The molecule has 2 unspecified atom stereocenters. The fourth-order valence-corrected chi connectivity index (χ4v) is 4.60. The first-order chi connectivity index (χ1) is 10.4. The zero-order valence-electron chi connectivity index (χ0n) is 13.0. The van der Waals surface area contributed by atoms with Crippen LogP contribution < -0.4 is 5.32 Å². The van der Waals surface area contributed by atoms with E-state index in [9.17, 15) is 0 Å². The molecule has 0 amide bonds. The Hall–Kier alpha value is -1.03. The summed E-state index contributed by atoms with van der Waals surface area (Å²) in [7, 11) is 0. The van der Waals surface area contributed by atoms with E-state index in [2.05, 4.69) is 26.0 Å². The predicted molar refractivity (Wildman–Crippen MR) is 85.6 cm³/mol. The quantitative estimate of drug-likeness (QED) is 0.925. The highest BCUT2D eigenvalue weighted by atomic mass is 15.3. The Morgan fingerprint density at radius 2 is 1.86 bits per heavy atom. The van der Waals surface area contributed by atoms with Gasteiger partial charge >= 0.3 is 0 Å². The summed E-state index contributed by atoms with van der Waals surface area (Å²) < 4.78 is 2.43. The lowest BCUT2D eigenvalue weighted by Crippen LogP contribution is -2.39. The maximum absolute atomic E-state index is 4.61. The van der Waals surface area contributed by atoms with Gasteiger partial charge in [-0.1, -0.05) is 19.3 Å². The first-order valence-electron chi connectivity index (χ1n) is 8.93. The minimum Gasteiger partial charge on any atom is -0.353 e. The van der Waals surface area contributed by atoms with Crippen molar-refractivity contribution in [3.63, 3.8) is 0 Å². The maximum Gasteiger partial charge on any atom is 0.203 e. The third-order valence-corrected chi connectivity index (χ3v) is 5.79. The van der Waals surface area contributed by atoms with Crippen LogP contribution in [-0.4, -0.2) is 39.6 Å². The van der Waals surface area contributed by atoms with Gasteiger partial charge < -0.3 is 14.8 Å². The molecule has 3 fully saturated rings. The van der Waals surface area contributed by atoms with Crippen LogP contribution in [0, 0.1) is 0 Å². The highest BCUT2D eigenvalue weighted by Gasteiger charge is 2.33. The number of nitrogens with one attached hydrogen (secondary N) is 1. The van der Waals surface area contributed by atoms with Crippen molar-refractivity contribution in [3.05, 3.63) is 12.4 Å². The minimum atomic E-state index is 0.645. The molecular formula is C17H28N4. The summed E-state index contributed by atoms with van der Waals surface area (Å²) in [5, 5.41) is 3.72. The van der Waals surface area contributed by atoms with Crippen molar-refractivity contribution in [1.29, 1.82) is 0 Å². The van der Waals surface area contributed by atoms with E-state index in [1.165, 1.54) is 70.9 Å². The summed E-state index contributed by atoms with van der Waals surface area (Å²) in [4.78, 5) is 7.31. The molecule has 1 saturated carbocycles. The van der Waals surface area contributed by atoms with E-state index in [4.69, 9.17) is 0 Å². The number of fused-ring (bicyclic) bond motifs is 1. The normalized spacial score (nSPS) is 31.2. The molecule has 1 aliphatic carbocycles. The highest BCUT2D eigenvalue weighted by Crippen LogP contribution is 2.34. The van der Waals surface area contributed by atoms with Gasteiger partial charge in [0.2, 0.25) is 5.95 Å². The Morgan fingerprint density at radius 1 is 0.952 bits per heavy atom. The van der Waals surface area contributed by atoms with Crippen molar-refractivity contribution in [3.8, 4) is 0 Å². The van der Waals surface area contributed by atoms with Gasteiger partial charge in [0.25, 0.3) is 0 Å². The maximum atomic E-state index is 4.61. The summed E-state index contributed by atoms with van der Waals surface area (Å²) in [6.45, 7) is 2.60. The largest absolute Gasteiger partial charge is 0.353 e. The van der Waals surface area contributed by atoms with Crippen molar-refractivity contribution < 1.29 is 0 Å². The number of rotatable bonds is 3. The Morgan fingerprint density at radius 3 is 2.76 bits per heavy atom. The van der Waals surface area contributed by atoms with Gasteiger partial charge in [0.15, 0.2) is 0 Å². The van der Waals surface area contributed by atoms with Crippen LogP contribution in [0.25, 0.3) is 0 Å². The summed E-state index contributed by atoms with van der Waals surface area (Å²) >= 11 is 0. The lowest BCUT2D eigenvalue weighted by molar-refractivity contribution is 0.156. The Balaban J connectivity index is 1.44. The molecule has 0 radical (unpaired) electrons. The SMILES string of the molecule is c1cn(C2CCN3CCCC3C2)c(NC2CCCCC2)n1. The van der Waals surface area contributed by atoms with Crippen LogP contribution in [0.3, 0.4) is 0 Å². The molecule has 3 heterocycles. The number of hydrogen-bond donors (Lipinski definition) is 1. The van der Waals surface area contributed by atoms with Crippen LogP contribution in [0.15, 0.2) is 12.4 Å². The van der Waals surface area contributed by atoms with Crippen molar-refractivity contribution in [2.24, 2.45) is 0 Å². The molecule has 1 N–H and O–H groups in total. The Bertz CT molecular complexity index is 463. The number of nitrogens with zero attached hydrogens (tertiary/aromatic N) is 3. The molecule has 2 aliphatic heterocycles. The first-order valence-corrected chi connectivity index (χ1v) is 8.93. The lowest BCUT2D eigenvalue weighted by atomic mass is 9.95. The van der Waals surface area contributed by atoms with E-state index >= 15 is 0 Å². The molecule has 1 aromatic rings. The van der Waals surface area contributed by atoms with Crippen molar-refractivity contribution >= 4 is 5.95 Å². The van der Waals surface area contributed by atoms with Gasteiger partial charge in [0.1, 0.15) is 0 Å². The van der Waals surface area contributed by atoms with Crippen LogP contribution in [-0.2, 0) is 0 Å². The average Bonchev–Trinajstić information content (AvgIpc) is 3.16. The highest BCUT2D eigenvalue weighted by molar-refractivity contribution is 5.29. The smallest absolute Gasteiger partial charge is 0.203 e. The zero-order valence-corrected chi connectivity index (χ0v) is 13.0. The third kappa shape index (κ3) is 2.83. The molecule has 0 aromatic carbocycles. The standard InChI is InChI=1S/C17H28N4/c1-2-5-14(6-3-1)19-17-18-9-12-21(17)16-8-11-20-10-4-7-15(20)13-16/h9,12,14-16H,1-8,10-11,13H2,(H,18,19). The van der Waals surface area contributed by atoms with Crippen molar-refractivity contribution in [2.45, 2.75) is 75.9 Å². The molecule has 116 valence electrons. The molecule has 4 nitrogen and oxygen atoms in total. The van der Waals surface area contributed by atoms with E-state index in [-0.39, 0.29) is 0 Å². The molecule has 3 aliphatic rings. The second kappa shape index (κ2) is 5.99. The molecule has 1 aromatic heterocycles. The molecule has 0 spiro atoms. The first kappa shape index (κ1) is 13.6. The van der Waals surface area contributed by atoms with Gasteiger partial charge in [-0.3, -0.25) is 0 Å². The number of aromatic nitrogens is 2. The van der Waals surface area contributed by atoms with Gasteiger partial charge in [-0.2, -0.15) is 0 Å². The average molecular weight is 288 g/mol. The van der Waals surface area contributed by atoms with Crippen molar-refractivity contribution in [1.82, 2.24) is 14.5 Å². The Kier molecular flexibility index (Phi) is 3.89. The van der Waals surface area contributed by atoms with Crippen LogP contribution in [0.1, 0.15) is 63.8 Å². The van der Waals surface area contributed by atoms with Gasteiger partial charge in [-0.15, -0.1) is 0 Å². The topological polar surface area (TPSA) is 33.1 Å². The summed E-state index contributed by atoms with van der Waals surface area (Å²) in [6.07, 6.45) is 16.4. The fraction of sp³-hybridized carbons (Fsp3) is 0.824. The second-order valence-corrected chi connectivity index (χ2v) is 7.15. The van der Waals surface area contributed by atoms with Crippen LogP contribution >= 0.6 is 0 Å². The summed E-state index contributed by atoms with van der Waals surface area (Å²) in [5.41, 5.74) is 0. The van der Waals surface area contributed by atoms with E-state index in [0.717, 1.165) is 12.0 Å². The van der Waals surface area contributed by atoms with Crippen LogP contribution in [0.2, 0.25) is 0 Å².